The molecule has 12 nitrogen and oxygen atoms in total. The third-order valence-corrected chi connectivity index (χ3v) is 9.74. The van der Waals surface area contributed by atoms with Crippen LogP contribution in [0.5, 0.6) is 11.5 Å². The van der Waals surface area contributed by atoms with Crippen LogP contribution in [-0.2, 0) is 21.3 Å². The zero-order valence-corrected chi connectivity index (χ0v) is 28.2. The van der Waals surface area contributed by atoms with E-state index >= 15 is 0 Å². The molecule has 2 aliphatic heterocycles. The maximum absolute atomic E-state index is 12.5. The molecule has 248 valence electrons. The summed E-state index contributed by atoms with van der Waals surface area (Å²) >= 11 is 0. The highest BCUT2D eigenvalue weighted by atomic mass is 32.2. The molecule has 3 heterocycles. The molecule has 0 saturated carbocycles. The molecular weight excluding hydrogens is 618 g/mol. The molecule has 1 saturated heterocycles. The van der Waals surface area contributed by atoms with E-state index in [9.17, 15) is 8.42 Å². The van der Waals surface area contributed by atoms with Crippen molar-refractivity contribution in [2.75, 3.05) is 85.1 Å². The second-order valence-electron chi connectivity index (χ2n) is 11.7. The Morgan fingerprint density at radius 1 is 0.957 bits per heavy atom. The zero-order chi connectivity index (χ0) is 33.1. The Kier molecular flexibility index (Phi) is 9.28. The van der Waals surface area contributed by atoms with Crippen LogP contribution in [-0.4, -0.2) is 78.8 Å². The number of morpholine rings is 1. The smallest absolute Gasteiger partial charge is 0.232 e. The molecule has 0 spiro atoms. The number of benzene rings is 3. The molecule has 3 aromatic carbocycles. The van der Waals surface area contributed by atoms with Crippen LogP contribution in [0.25, 0.3) is 0 Å². The fraction of sp³-hybridized carbons (Fsp3) is 0.353. The molecule has 0 aliphatic carbocycles. The van der Waals surface area contributed by atoms with Gasteiger partial charge < -0.3 is 34.6 Å². The Balaban J connectivity index is 1.39. The standard InChI is InChI=1S/C34H41N7O5S/c1-23-21-41(22-24-10-13-26(44-3)14-11-24)33-31(23)32(35-27-8-6-7-9-29(27)39(2)47(5,42)43)37-34(38-33)36-28-15-12-25(20-30(28)45-4)40-16-18-46-19-17-40/h6-15,20,23H,16-19,21-22H2,1-5H3,(H2,35,36,37,38). The van der Waals surface area contributed by atoms with Gasteiger partial charge >= 0.3 is 0 Å². The summed E-state index contributed by atoms with van der Waals surface area (Å²) in [6.07, 6.45) is 1.19. The predicted molar refractivity (Wildman–Crippen MR) is 187 cm³/mol. The number of para-hydroxylation sites is 2. The Labute approximate surface area is 276 Å². The van der Waals surface area contributed by atoms with Crippen molar-refractivity contribution in [2.24, 2.45) is 0 Å². The quantitative estimate of drug-likeness (QED) is 0.217. The molecule has 1 fully saturated rings. The number of fused-ring (bicyclic) bond motifs is 1. The summed E-state index contributed by atoms with van der Waals surface area (Å²) in [5.41, 5.74) is 4.97. The fourth-order valence-electron chi connectivity index (χ4n) is 5.98. The van der Waals surface area contributed by atoms with Gasteiger partial charge in [0, 0.05) is 56.5 Å². The Morgan fingerprint density at radius 2 is 1.70 bits per heavy atom. The maximum atomic E-state index is 12.5. The van der Waals surface area contributed by atoms with Gasteiger partial charge in [-0.1, -0.05) is 31.2 Å². The number of rotatable bonds is 11. The summed E-state index contributed by atoms with van der Waals surface area (Å²) in [6.45, 7) is 6.54. The maximum Gasteiger partial charge on any atom is 0.232 e. The molecule has 6 rings (SSSR count). The summed E-state index contributed by atoms with van der Waals surface area (Å²) in [5, 5.41) is 6.88. The topological polar surface area (TPSA) is 121 Å². The minimum atomic E-state index is -3.50. The highest BCUT2D eigenvalue weighted by Crippen LogP contribution is 2.43. The van der Waals surface area contributed by atoms with Crippen molar-refractivity contribution in [1.29, 1.82) is 0 Å². The summed E-state index contributed by atoms with van der Waals surface area (Å²) in [4.78, 5) is 14.5. The van der Waals surface area contributed by atoms with Crippen molar-refractivity contribution in [3.8, 4) is 11.5 Å². The van der Waals surface area contributed by atoms with E-state index in [1.54, 1.807) is 27.3 Å². The minimum absolute atomic E-state index is 0.0990. The van der Waals surface area contributed by atoms with E-state index in [1.165, 1.54) is 10.6 Å². The number of anilines is 7. The summed E-state index contributed by atoms with van der Waals surface area (Å²) < 4.78 is 42.9. The second kappa shape index (κ2) is 13.5. The van der Waals surface area contributed by atoms with Gasteiger partial charge in [0.2, 0.25) is 16.0 Å². The van der Waals surface area contributed by atoms with Crippen molar-refractivity contribution in [2.45, 2.75) is 19.4 Å². The fourth-order valence-corrected chi connectivity index (χ4v) is 6.50. The van der Waals surface area contributed by atoms with Crippen LogP contribution >= 0.6 is 0 Å². The van der Waals surface area contributed by atoms with Crippen LogP contribution < -0.4 is 34.2 Å². The molecule has 0 amide bonds. The summed E-state index contributed by atoms with van der Waals surface area (Å²) in [5.74, 6) is 3.34. The second-order valence-corrected chi connectivity index (χ2v) is 13.8. The number of nitrogens with one attached hydrogen (secondary N) is 2. The van der Waals surface area contributed by atoms with E-state index in [4.69, 9.17) is 24.2 Å². The van der Waals surface area contributed by atoms with Gasteiger partial charge in [-0.25, -0.2) is 8.42 Å². The van der Waals surface area contributed by atoms with Crippen molar-refractivity contribution >= 4 is 50.4 Å². The molecule has 0 bridgehead atoms. The lowest BCUT2D eigenvalue weighted by Gasteiger charge is -2.29. The number of ether oxygens (including phenoxy) is 3. The number of hydrogen-bond acceptors (Lipinski definition) is 11. The van der Waals surface area contributed by atoms with Gasteiger partial charge in [-0.2, -0.15) is 9.97 Å². The van der Waals surface area contributed by atoms with Crippen LogP contribution in [0.4, 0.5) is 40.3 Å². The van der Waals surface area contributed by atoms with Crippen molar-refractivity contribution < 1.29 is 22.6 Å². The summed E-state index contributed by atoms with van der Waals surface area (Å²) in [6, 6.07) is 21.3. The number of aromatic nitrogens is 2. The van der Waals surface area contributed by atoms with Crippen LogP contribution in [0.3, 0.4) is 0 Å². The third-order valence-electron chi connectivity index (χ3n) is 8.55. The van der Waals surface area contributed by atoms with Gasteiger partial charge in [-0.05, 0) is 42.0 Å². The lowest BCUT2D eigenvalue weighted by Crippen LogP contribution is -2.36. The lowest BCUT2D eigenvalue weighted by atomic mass is 10.1. The van der Waals surface area contributed by atoms with Crippen LogP contribution in [0.1, 0.15) is 24.0 Å². The largest absolute Gasteiger partial charge is 0.497 e. The molecule has 1 atom stereocenters. The van der Waals surface area contributed by atoms with E-state index in [0.29, 0.717) is 48.6 Å². The average Bonchev–Trinajstić information content (AvgIpc) is 3.39. The van der Waals surface area contributed by atoms with Gasteiger partial charge in [-0.15, -0.1) is 0 Å². The molecule has 2 aliphatic rings. The predicted octanol–water partition coefficient (Wildman–Crippen LogP) is 5.34. The Morgan fingerprint density at radius 3 is 2.40 bits per heavy atom. The van der Waals surface area contributed by atoms with Gasteiger partial charge in [0.05, 0.1) is 50.8 Å². The van der Waals surface area contributed by atoms with Crippen LogP contribution in [0.2, 0.25) is 0 Å². The zero-order valence-electron chi connectivity index (χ0n) is 27.4. The first kappa shape index (κ1) is 32.2. The number of nitrogens with zero attached hydrogens (tertiary/aromatic N) is 5. The first-order chi connectivity index (χ1) is 22.6. The molecule has 47 heavy (non-hydrogen) atoms. The van der Waals surface area contributed by atoms with Crippen molar-refractivity contribution in [3.63, 3.8) is 0 Å². The van der Waals surface area contributed by atoms with E-state index in [0.717, 1.165) is 53.7 Å². The Hall–Kier alpha value is -4.75. The number of sulfonamides is 1. The van der Waals surface area contributed by atoms with Gasteiger partial charge in [0.1, 0.15) is 23.1 Å². The molecule has 13 heteroatoms. The first-order valence-electron chi connectivity index (χ1n) is 15.5. The highest BCUT2D eigenvalue weighted by molar-refractivity contribution is 7.92. The lowest BCUT2D eigenvalue weighted by molar-refractivity contribution is 0.122. The van der Waals surface area contributed by atoms with E-state index < -0.39 is 10.0 Å². The van der Waals surface area contributed by atoms with Gasteiger partial charge in [0.15, 0.2) is 0 Å². The van der Waals surface area contributed by atoms with Crippen molar-refractivity contribution in [1.82, 2.24) is 9.97 Å². The number of hydrogen-bond donors (Lipinski definition) is 2. The molecule has 0 radical (unpaired) electrons. The number of methoxy groups -OCH3 is 2. The molecule has 2 N–H and O–H groups in total. The SMILES string of the molecule is COc1ccc(CN2CC(C)c3c(Nc4ccccc4N(C)S(C)(=O)=O)nc(Nc4ccc(N5CCOCC5)cc4OC)nc32)cc1. The van der Waals surface area contributed by atoms with Crippen LogP contribution in [0.15, 0.2) is 66.7 Å². The molecule has 4 aromatic rings. The average molecular weight is 660 g/mol. The molecule has 1 aromatic heterocycles. The van der Waals surface area contributed by atoms with Crippen LogP contribution in [0, 0.1) is 0 Å². The van der Waals surface area contributed by atoms with Crippen molar-refractivity contribution in [3.05, 3.63) is 77.9 Å². The minimum Gasteiger partial charge on any atom is -0.497 e. The molecule has 1 unspecified atom stereocenters. The third kappa shape index (κ3) is 7.00. The highest BCUT2D eigenvalue weighted by Gasteiger charge is 2.32. The normalized spacial score (nSPS) is 16.1. The van der Waals surface area contributed by atoms with E-state index in [2.05, 4.69) is 45.6 Å². The molecular formula is C34H41N7O5S. The van der Waals surface area contributed by atoms with E-state index in [-0.39, 0.29) is 5.92 Å². The van der Waals surface area contributed by atoms with Gasteiger partial charge in [0.25, 0.3) is 0 Å². The monoisotopic (exact) mass is 659 g/mol. The first-order valence-corrected chi connectivity index (χ1v) is 17.4. The Bertz CT molecular complexity index is 1830. The summed E-state index contributed by atoms with van der Waals surface area (Å²) in [7, 11) is 1.34. The van der Waals surface area contributed by atoms with Gasteiger partial charge in [-0.3, -0.25) is 4.31 Å². The van der Waals surface area contributed by atoms with E-state index in [1.807, 2.05) is 42.5 Å².